The van der Waals surface area contributed by atoms with Crippen LogP contribution in [0.5, 0.6) is 0 Å². The van der Waals surface area contributed by atoms with E-state index in [0.29, 0.717) is 38.1 Å². The summed E-state index contributed by atoms with van der Waals surface area (Å²) >= 11 is 2.08. The van der Waals surface area contributed by atoms with Crippen molar-refractivity contribution < 1.29 is 22.0 Å². The Morgan fingerprint density at radius 3 is 2.47 bits per heavy atom. The van der Waals surface area contributed by atoms with Crippen molar-refractivity contribution in [1.29, 1.82) is 0 Å². The third kappa shape index (κ3) is 5.79. The van der Waals surface area contributed by atoms with Crippen LogP contribution in [0, 0.1) is 15.2 Å². The van der Waals surface area contributed by atoms with E-state index in [1.807, 2.05) is 6.07 Å². The number of amides is 1. The first-order valence-corrected chi connectivity index (χ1v) is 14.4. The van der Waals surface area contributed by atoms with E-state index in [1.165, 1.54) is 36.5 Å². The van der Waals surface area contributed by atoms with Gasteiger partial charge < -0.3 is 4.90 Å². The molecule has 1 aromatic heterocycles. The minimum absolute atomic E-state index is 0.0685. The first-order chi connectivity index (χ1) is 18.2. The topological polar surface area (TPSA) is 82.6 Å². The molecular formula is C27H23F2IN4O3S. The summed E-state index contributed by atoms with van der Waals surface area (Å²) < 4.78 is 57.8. The molecule has 0 aliphatic carbocycles. The highest BCUT2D eigenvalue weighted by molar-refractivity contribution is 14.1. The van der Waals surface area contributed by atoms with E-state index in [9.17, 15) is 22.0 Å². The minimum Gasteiger partial charge on any atom is -0.336 e. The van der Waals surface area contributed by atoms with Crippen molar-refractivity contribution in [3.63, 3.8) is 0 Å². The van der Waals surface area contributed by atoms with E-state index in [-0.39, 0.29) is 33.4 Å². The summed E-state index contributed by atoms with van der Waals surface area (Å²) in [6.45, 7) is 2.65. The second-order valence-corrected chi connectivity index (χ2v) is 11.9. The number of piperazine rings is 1. The fraction of sp³-hybridized carbons (Fsp3) is 0.185. The number of halogens is 3. The van der Waals surface area contributed by atoms with Gasteiger partial charge in [-0.05, 0) is 76.7 Å². The van der Waals surface area contributed by atoms with E-state index in [1.54, 1.807) is 29.2 Å². The molecule has 0 spiro atoms. The van der Waals surface area contributed by atoms with Crippen LogP contribution in [0.3, 0.4) is 0 Å². The van der Waals surface area contributed by atoms with Gasteiger partial charge in [0.1, 0.15) is 16.5 Å². The fourth-order valence-corrected chi connectivity index (χ4v) is 6.42. The van der Waals surface area contributed by atoms with Crippen LogP contribution in [0.25, 0.3) is 10.9 Å². The average Bonchev–Trinajstić information content (AvgIpc) is 2.89. The first-order valence-electron chi connectivity index (χ1n) is 11.8. The van der Waals surface area contributed by atoms with Gasteiger partial charge in [0.05, 0.1) is 11.2 Å². The molecule has 3 aromatic carbocycles. The van der Waals surface area contributed by atoms with Crippen LogP contribution in [0.15, 0.2) is 77.8 Å². The van der Waals surface area contributed by atoms with E-state index >= 15 is 0 Å². The Bertz CT molecular complexity index is 1600. The number of nitrogens with one attached hydrogen (secondary N) is 1. The van der Waals surface area contributed by atoms with Crippen molar-refractivity contribution >= 4 is 55.1 Å². The largest absolute Gasteiger partial charge is 0.336 e. The van der Waals surface area contributed by atoms with Gasteiger partial charge in [0.2, 0.25) is 0 Å². The van der Waals surface area contributed by atoms with Gasteiger partial charge in [-0.15, -0.1) is 0 Å². The summed E-state index contributed by atoms with van der Waals surface area (Å²) in [5.74, 6) is -1.47. The highest BCUT2D eigenvalue weighted by atomic mass is 127. The summed E-state index contributed by atoms with van der Waals surface area (Å²) in [5, 5.41) is 0.641. The quantitative estimate of drug-likeness (QED) is 0.302. The lowest BCUT2D eigenvalue weighted by Gasteiger charge is -2.34. The molecule has 1 saturated heterocycles. The third-order valence-corrected chi connectivity index (χ3v) is 8.35. The third-order valence-electron chi connectivity index (χ3n) is 6.33. The molecule has 0 radical (unpaired) electrons. The Labute approximate surface area is 232 Å². The van der Waals surface area contributed by atoms with Crippen molar-refractivity contribution in [3.8, 4) is 0 Å². The maximum absolute atomic E-state index is 15.0. The van der Waals surface area contributed by atoms with E-state index < -0.39 is 15.8 Å². The normalized spacial score (nSPS) is 14.6. The summed E-state index contributed by atoms with van der Waals surface area (Å²) in [7, 11) is -4.13. The molecule has 11 heteroatoms. The van der Waals surface area contributed by atoms with Crippen molar-refractivity contribution in [1.82, 2.24) is 14.8 Å². The number of nitrogens with zero attached hydrogens (tertiary/aromatic N) is 3. The number of carbonyl (C=O) groups excluding carboxylic acids is 1. The van der Waals surface area contributed by atoms with Gasteiger partial charge in [-0.3, -0.25) is 19.4 Å². The Balaban J connectivity index is 1.25. The van der Waals surface area contributed by atoms with Gasteiger partial charge in [0.15, 0.2) is 0 Å². The molecule has 1 aliphatic rings. The SMILES string of the molecule is O=C(c1ccc(NS(=O)(=O)c2cccc3cccnc23)c(F)c1)N1CCN(Cc2cc(F)cc(I)c2)CC1. The summed E-state index contributed by atoms with van der Waals surface area (Å²) in [5.41, 5.74) is 1.02. The number of fused-ring (bicyclic) bond motifs is 1. The Hall–Kier alpha value is -3.16. The van der Waals surface area contributed by atoms with E-state index in [2.05, 4.69) is 37.2 Å². The molecular weight excluding hydrogens is 625 g/mol. The molecule has 0 saturated carbocycles. The van der Waals surface area contributed by atoms with Crippen molar-refractivity contribution in [3.05, 3.63) is 99.3 Å². The number of sulfonamides is 1. The van der Waals surface area contributed by atoms with Gasteiger partial charge in [-0.2, -0.15) is 0 Å². The predicted octanol–water partition coefficient (Wildman–Crippen LogP) is 4.88. The first kappa shape index (κ1) is 26.4. The molecule has 38 heavy (non-hydrogen) atoms. The monoisotopic (exact) mass is 648 g/mol. The zero-order valence-corrected chi connectivity index (χ0v) is 23.0. The molecule has 196 valence electrons. The van der Waals surface area contributed by atoms with Gasteiger partial charge in [0.25, 0.3) is 15.9 Å². The Morgan fingerprint density at radius 1 is 0.974 bits per heavy atom. The molecule has 0 bridgehead atoms. The zero-order valence-electron chi connectivity index (χ0n) is 20.1. The number of pyridine rings is 1. The zero-order chi connectivity index (χ0) is 26.9. The average molecular weight is 648 g/mol. The van der Waals surface area contributed by atoms with Crippen molar-refractivity contribution in [2.24, 2.45) is 0 Å². The molecule has 1 amide bonds. The molecule has 1 fully saturated rings. The number of para-hydroxylation sites is 1. The number of hydrogen-bond donors (Lipinski definition) is 1. The Morgan fingerprint density at radius 2 is 1.74 bits per heavy atom. The number of anilines is 1. The van der Waals surface area contributed by atoms with Crippen LogP contribution in [-0.2, 0) is 16.6 Å². The van der Waals surface area contributed by atoms with Gasteiger partial charge in [0, 0.05) is 53.4 Å². The van der Waals surface area contributed by atoms with Gasteiger partial charge in [-0.1, -0.05) is 18.2 Å². The van der Waals surface area contributed by atoms with E-state index in [4.69, 9.17) is 0 Å². The number of hydrogen-bond acceptors (Lipinski definition) is 5. The molecule has 1 aliphatic heterocycles. The Kier molecular flexibility index (Phi) is 7.59. The fourth-order valence-electron chi connectivity index (χ4n) is 4.48. The summed E-state index contributed by atoms with van der Waals surface area (Å²) in [6.07, 6.45) is 1.49. The van der Waals surface area contributed by atoms with Crippen LogP contribution in [0.1, 0.15) is 15.9 Å². The highest BCUT2D eigenvalue weighted by Gasteiger charge is 2.24. The molecule has 4 aromatic rings. The van der Waals surface area contributed by atoms with Crippen LogP contribution in [-0.4, -0.2) is 55.3 Å². The summed E-state index contributed by atoms with van der Waals surface area (Å²) in [6, 6.07) is 16.8. The van der Waals surface area contributed by atoms with Crippen LogP contribution in [0.4, 0.5) is 14.5 Å². The molecule has 7 nitrogen and oxygen atoms in total. The number of aromatic nitrogens is 1. The second-order valence-electron chi connectivity index (χ2n) is 8.98. The van der Waals surface area contributed by atoms with E-state index in [0.717, 1.165) is 15.2 Å². The molecule has 5 rings (SSSR count). The van der Waals surface area contributed by atoms with Crippen LogP contribution in [0.2, 0.25) is 0 Å². The number of rotatable bonds is 6. The number of carbonyl (C=O) groups is 1. The minimum atomic E-state index is -4.13. The number of benzene rings is 3. The second kappa shape index (κ2) is 10.9. The molecule has 2 heterocycles. The highest BCUT2D eigenvalue weighted by Crippen LogP contribution is 2.25. The van der Waals surface area contributed by atoms with Crippen LogP contribution >= 0.6 is 22.6 Å². The predicted molar refractivity (Wildman–Crippen MR) is 149 cm³/mol. The standard InChI is InChI=1S/C27H23F2IN4O3S/c28-21-13-18(14-22(30)16-21)17-33-9-11-34(12-10-33)27(35)20-6-7-24(23(29)15-20)32-38(36,37)25-5-1-3-19-4-2-8-31-26(19)25/h1-8,13-16,32H,9-12,17H2. The molecule has 1 N–H and O–H groups in total. The lowest BCUT2D eigenvalue weighted by atomic mass is 10.1. The van der Waals surface area contributed by atoms with Crippen LogP contribution < -0.4 is 4.72 Å². The lowest BCUT2D eigenvalue weighted by Crippen LogP contribution is -2.48. The van der Waals surface area contributed by atoms with Crippen molar-refractivity contribution in [2.75, 3.05) is 30.9 Å². The molecule has 0 atom stereocenters. The molecule has 0 unspecified atom stereocenters. The van der Waals surface area contributed by atoms with Gasteiger partial charge in [-0.25, -0.2) is 17.2 Å². The smallest absolute Gasteiger partial charge is 0.264 e. The maximum Gasteiger partial charge on any atom is 0.264 e. The summed E-state index contributed by atoms with van der Waals surface area (Å²) in [4.78, 5) is 20.9. The van der Waals surface area contributed by atoms with Gasteiger partial charge >= 0.3 is 0 Å². The lowest BCUT2D eigenvalue weighted by molar-refractivity contribution is 0.0628. The van der Waals surface area contributed by atoms with Crippen molar-refractivity contribution in [2.45, 2.75) is 11.4 Å². The maximum atomic E-state index is 15.0.